The fourth-order valence-electron chi connectivity index (χ4n) is 3.37. The lowest BCUT2D eigenvalue weighted by atomic mass is 9.97. The van der Waals surface area contributed by atoms with Crippen LogP contribution in [0.4, 0.5) is 5.69 Å². The van der Waals surface area contributed by atoms with Crippen molar-refractivity contribution < 1.29 is 15.0 Å². The van der Waals surface area contributed by atoms with Gasteiger partial charge in [0.15, 0.2) is 0 Å². The molecule has 2 atom stereocenters. The third-order valence-corrected chi connectivity index (χ3v) is 4.84. The third kappa shape index (κ3) is 6.50. The Balaban J connectivity index is 1.82. The first-order valence-corrected chi connectivity index (χ1v) is 9.44. The summed E-state index contributed by atoms with van der Waals surface area (Å²) in [6, 6.07) is 6.54. The Hall–Kier alpha value is -1.88. The third-order valence-electron chi connectivity index (χ3n) is 4.84. The van der Waals surface area contributed by atoms with Crippen LogP contribution in [0.15, 0.2) is 29.4 Å². The van der Waals surface area contributed by atoms with E-state index in [0.717, 1.165) is 24.2 Å². The van der Waals surface area contributed by atoms with Gasteiger partial charge in [0.05, 0.1) is 17.4 Å². The number of hydrazone groups is 1. The molecule has 0 aliphatic heterocycles. The molecular weight excluding hydrogens is 316 g/mol. The van der Waals surface area contributed by atoms with Crippen molar-refractivity contribution in [3.05, 3.63) is 29.8 Å². The van der Waals surface area contributed by atoms with Crippen LogP contribution in [0, 0.1) is 5.92 Å². The number of hydrogen-bond donors (Lipinski definition) is 3. The van der Waals surface area contributed by atoms with E-state index >= 15 is 0 Å². The van der Waals surface area contributed by atoms with Crippen molar-refractivity contribution in [2.45, 2.75) is 70.8 Å². The van der Waals surface area contributed by atoms with E-state index in [-0.39, 0.29) is 11.7 Å². The van der Waals surface area contributed by atoms with Crippen LogP contribution in [0.3, 0.4) is 0 Å². The van der Waals surface area contributed by atoms with Gasteiger partial charge in [-0.3, -0.25) is 5.43 Å². The van der Waals surface area contributed by atoms with Crippen LogP contribution >= 0.6 is 0 Å². The molecule has 1 aliphatic carbocycles. The Morgan fingerprint density at radius 1 is 1.16 bits per heavy atom. The van der Waals surface area contributed by atoms with Gasteiger partial charge in [0.25, 0.3) is 0 Å². The fraction of sp³-hybridized carbons (Fsp3) is 0.600. The van der Waals surface area contributed by atoms with E-state index in [1.807, 2.05) is 0 Å². The minimum absolute atomic E-state index is 0.260. The second-order valence-electron chi connectivity index (χ2n) is 6.94. The molecule has 0 bridgehead atoms. The lowest BCUT2D eigenvalue weighted by molar-refractivity contribution is 0.0697. The number of aliphatic hydroxyl groups is 1. The number of carboxylic acid groups (broad SMARTS) is 1. The minimum Gasteiger partial charge on any atom is -0.478 e. The summed E-state index contributed by atoms with van der Waals surface area (Å²) in [5.41, 5.74) is 5.06. The maximum atomic E-state index is 10.9. The van der Waals surface area contributed by atoms with Crippen LogP contribution in [-0.4, -0.2) is 28.0 Å². The summed E-state index contributed by atoms with van der Waals surface area (Å²) >= 11 is 0. The monoisotopic (exact) mass is 346 g/mol. The number of aliphatic hydroxyl groups excluding tert-OH is 1. The Labute approximate surface area is 150 Å². The topological polar surface area (TPSA) is 81.9 Å². The van der Waals surface area contributed by atoms with Crippen LogP contribution in [0.2, 0.25) is 0 Å². The molecular formula is C20H30N2O3. The van der Waals surface area contributed by atoms with Gasteiger partial charge in [-0.2, -0.15) is 5.10 Å². The van der Waals surface area contributed by atoms with E-state index < -0.39 is 5.97 Å². The molecule has 138 valence electrons. The van der Waals surface area contributed by atoms with Gasteiger partial charge in [-0.05, 0) is 37.1 Å². The molecule has 1 aliphatic rings. The highest BCUT2D eigenvalue weighted by molar-refractivity contribution is 5.90. The molecule has 1 aromatic carbocycles. The van der Waals surface area contributed by atoms with E-state index in [4.69, 9.17) is 5.11 Å². The zero-order valence-corrected chi connectivity index (χ0v) is 15.1. The first-order chi connectivity index (χ1) is 12.1. The second-order valence-corrected chi connectivity index (χ2v) is 6.94. The van der Waals surface area contributed by atoms with Crippen LogP contribution in [0.1, 0.15) is 75.1 Å². The molecule has 3 N–H and O–H groups in total. The smallest absolute Gasteiger partial charge is 0.335 e. The fourth-order valence-corrected chi connectivity index (χ4v) is 3.37. The predicted molar refractivity (Wildman–Crippen MR) is 101 cm³/mol. The molecule has 2 rings (SSSR count). The summed E-state index contributed by atoms with van der Waals surface area (Å²) < 4.78 is 0. The van der Waals surface area contributed by atoms with Crippen LogP contribution in [-0.2, 0) is 0 Å². The quantitative estimate of drug-likeness (QED) is 0.424. The number of unbranched alkanes of at least 4 members (excludes halogenated alkanes) is 5. The average molecular weight is 346 g/mol. The number of nitrogens with zero attached hydrogens (tertiary/aromatic N) is 1. The number of carboxylic acids is 1. The van der Waals surface area contributed by atoms with Crippen molar-refractivity contribution >= 4 is 17.4 Å². The van der Waals surface area contributed by atoms with Gasteiger partial charge < -0.3 is 10.2 Å². The molecule has 0 radical (unpaired) electrons. The van der Waals surface area contributed by atoms with Gasteiger partial charge >= 0.3 is 5.97 Å². The number of rotatable bonds is 10. The zero-order chi connectivity index (χ0) is 18.1. The standard InChI is InChI=1S/C20H30N2O3/c1-2-3-4-5-6-7-8-16-13-18(23)14-19(16)22-21-17-11-9-15(10-12-17)20(24)25/h9-12,16,18,21,23H,2-8,13-14H2,1H3,(H,24,25)/t16-,18?/m1/s1. The molecule has 5 heteroatoms. The van der Waals surface area contributed by atoms with Crippen LogP contribution < -0.4 is 5.43 Å². The lowest BCUT2D eigenvalue weighted by Crippen LogP contribution is -2.09. The Morgan fingerprint density at radius 2 is 1.84 bits per heavy atom. The van der Waals surface area contributed by atoms with Crippen molar-refractivity contribution in [2.24, 2.45) is 11.0 Å². The van der Waals surface area contributed by atoms with Crippen molar-refractivity contribution in [2.75, 3.05) is 5.43 Å². The Morgan fingerprint density at radius 3 is 2.52 bits per heavy atom. The number of nitrogens with one attached hydrogen (secondary N) is 1. The average Bonchev–Trinajstić information content (AvgIpc) is 2.96. The molecule has 1 aromatic rings. The minimum atomic E-state index is -0.934. The van der Waals surface area contributed by atoms with E-state index in [1.54, 1.807) is 24.3 Å². The lowest BCUT2D eigenvalue weighted by Gasteiger charge is -2.11. The number of benzene rings is 1. The molecule has 1 fully saturated rings. The summed E-state index contributed by atoms with van der Waals surface area (Å²) in [6.45, 7) is 2.23. The van der Waals surface area contributed by atoms with Crippen molar-refractivity contribution in [3.8, 4) is 0 Å². The number of carbonyl (C=O) groups is 1. The number of hydrogen-bond acceptors (Lipinski definition) is 4. The highest BCUT2D eigenvalue weighted by atomic mass is 16.4. The zero-order valence-electron chi connectivity index (χ0n) is 15.1. The van der Waals surface area contributed by atoms with Gasteiger partial charge in [-0.15, -0.1) is 0 Å². The summed E-state index contributed by atoms with van der Waals surface area (Å²) in [5, 5.41) is 23.4. The largest absolute Gasteiger partial charge is 0.478 e. The molecule has 0 heterocycles. The summed E-state index contributed by atoms with van der Waals surface area (Å²) in [4.78, 5) is 10.9. The predicted octanol–water partition coefficient (Wildman–Crippen LogP) is 4.67. The number of aromatic carboxylic acids is 1. The molecule has 25 heavy (non-hydrogen) atoms. The highest BCUT2D eigenvalue weighted by Crippen LogP contribution is 2.28. The molecule has 1 saturated carbocycles. The van der Waals surface area contributed by atoms with Crippen molar-refractivity contribution in [1.29, 1.82) is 0 Å². The molecule has 0 aromatic heterocycles. The van der Waals surface area contributed by atoms with Gasteiger partial charge in [0.1, 0.15) is 0 Å². The van der Waals surface area contributed by atoms with Crippen LogP contribution in [0.25, 0.3) is 0 Å². The molecule has 5 nitrogen and oxygen atoms in total. The van der Waals surface area contributed by atoms with Gasteiger partial charge in [0, 0.05) is 18.1 Å². The van der Waals surface area contributed by atoms with Gasteiger partial charge in [-0.25, -0.2) is 4.79 Å². The Bertz CT molecular complexity index is 569. The number of anilines is 1. The van der Waals surface area contributed by atoms with Gasteiger partial charge in [0.2, 0.25) is 0 Å². The van der Waals surface area contributed by atoms with E-state index in [0.29, 0.717) is 12.3 Å². The molecule has 0 spiro atoms. The van der Waals surface area contributed by atoms with Crippen molar-refractivity contribution in [1.82, 2.24) is 0 Å². The normalized spacial score (nSPS) is 21.6. The van der Waals surface area contributed by atoms with E-state index in [9.17, 15) is 9.90 Å². The van der Waals surface area contributed by atoms with E-state index in [1.165, 1.54) is 38.5 Å². The molecule has 0 saturated heterocycles. The first kappa shape index (κ1) is 19.4. The second kappa shape index (κ2) is 10.2. The first-order valence-electron chi connectivity index (χ1n) is 9.44. The van der Waals surface area contributed by atoms with Gasteiger partial charge in [-0.1, -0.05) is 45.4 Å². The van der Waals surface area contributed by atoms with E-state index in [2.05, 4.69) is 17.5 Å². The van der Waals surface area contributed by atoms with Crippen molar-refractivity contribution in [3.63, 3.8) is 0 Å². The highest BCUT2D eigenvalue weighted by Gasteiger charge is 2.29. The maximum absolute atomic E-state index is 10.9. The summed E-state index contributed by atoms with van der Waals surface area (Å²) in [5.74, 6) is -0.581. The molecule has 0 amide bonds. The maximum Gasteiger partial charge on any atom is 0.335 e. The Kier molecular flexibility index (Phi) is 7.92. The SMILES string of the molecule is CCCCCCCC[C@@H]1CC(O)CC1=NNc1ccc(C(=O)O)cc1. The summed E-state index contributed by atoms with van der Waals surface area (Å²) in [6.07, 6.45) is 9.86. The van der Waals surface area contributed by atoms with Crippen LogP contribution in [0.5, 0.6) is 0 Å². The summed E-state index contributed by atoms with van der Waals surface area (Å²) in [7, 11) is 0. The molecule has 1 unspecified atom stereocenters.